The first-order chi connectivity index (χ1) is 15.0. The van der Waals surface area contributed by atoms with Crippen molar-refractivity contribution < 1.29 is 9.47 Å². The molecule has 0 radical (unpaired) electrons. The van der Waals surface area contributed by atoms with Gasteiger partial charge in [-0.15, -0.1) is 0 Å². The summed E-state index contributed by atoms with van der Waals surface area (Å²) in [5.74, 6) is 2.31. The van der Waals surface area contributed by atoms with Crippen LogP contribution in [-0.4, -0.2) is 17.9 Å². The largest absolute Gasteiger partial charge is 0.497 e. The first-order valence-corrected chi connectivity index (χ1v) is 10.3. The highest BCUT2D eigenvalue weighted by molar-refractivity contribution is 6.30. The van der Waals surface area contributed by atoms with E-state index in [4.69, 9.17) is 21.1 Å². The Labute approximate surface area is 187 Å². The molecule has 0 spiro atoms. The van der Waals surface area contributed by atoms with Crippen molar-refractivity contribution in [2.24, 2.45) is 4.99 Å². The summed E-state index contributed by atoms with van der Waals surface area (Å²) in [6.07, 6.45) is 1.90. The summed E-state index contributed by atoms with van der Waals surface area (Å²) in [6.45, 7) is 4.18. The molecule has 156 valence electrons. The number of aromatic nitrogens is 1. The van der Waals surface area contributed by atoms with Gasteiger partial charge in [-0.1, -0.05) is 11.6 Å². The van der Waals surface area contributed by atoms with Crippen molar-refractivity contribution in [3.8, 4) is 22.9 Å². The van der Waals surface area contributed by atoms with E-state index in [0.29, 0.717) is 0 Å². The molecule has 3 aromatic carbocycles. The second-order valence-corrected chi connectivity index (χ2v) is 7.60. The van der Waals surface area contributed by atoms with Crippen LogP contribution in [0.5, 0.6) is 17.2 Å². The van der Waals surface area contributed by atoms with E-state index in [1.54, 1.807) is 7.11 Å². The van der Waals surface area contributed by atoms with Gasteiger partial charge in [-0.2, -0.15) is 0 Å². The van der Waals surface area contributed by atoms with Crippen LogP contribution in [0.15, 0.2) is 83.9 Å². The van der Waals surface area contributed by atoms with E-state index in [1.165, 1.54) is 0 Å². The van der Waals surface area contributed by atoms with Crippen molar-refractivity contribution in [1.29, 1.82) is 0 Å². The van der Waals surface area contributed by atoms with Gasteiger partial charge < -0.3 is 14.0 Å². The SMILES string of the molecule is COc1ccc(Oc2ccc(N=Cc3cc(C)n(-c4ccc(Cl)cc4)c3C)cc2)cc1. The molecule has 0 amide bonds. The van der Waals surface area contributed by atoms with E-state index in [9.17, 15) is 0 Å². The molecule has 0 fully saturated rings. The number of ether oxygens (including phenoxy) is 2. The Bertz CT molecular complexity index is 1190. The van der Waals surface area contributed by atoms with Crippen LogP contribution >= 0.6 is 11.6 Å². The molecule has 0 N–H and O–H groups in total. The second kappa shape index (κ2) is 9.11. The first kappa shape index (κ1) is 20.8. The standard InChI is InChI=1S/C26H23ClN2O2/c1-18-16-20(19(2)29(18)23-8-4-21(27)5-9-23)17-28-22-6-10-25(11-7-22)31-26-14-12-24(30-3)13-15-26/h4-17H,1-3H3. The number of benzene rings is 3. The smallest absolute Gasteiger partial charge is 0.127 e. The number of methoxy groups -OCH3 is 1. The summed E-state index contributed by atoms with van der Waals surface area (Å²) >= 11 is 6.03. The summed E-state index contributed by atoms with van der Waals surface area (Å²) in [6, 6.07) is 25.2. The molecule has 0 saturated heterocycles. The Balaban J connectivity index is 1.48. The van der Waals surface area contributed by atoms with Gasteiger partial charge in [0.25, 0.3) is 0 Å². The zero-order valence-electron chi connectivity index (χ0n) is 17.7. The molecular formula is C26H23ClN2O2. The monoisotopic (exact) mass is 430 g/mol. The summed E-state index contributed by atoms with van der Waals surface area (Å²) in [7, 11) is 1.64. The molecule has 0 bridgehead atoms. The van der Waals surface area contributed by atoms with Crippen LogP contribution in [0.4, 0.5) is 5.69 Å². The molecule has 4 rings (SSSR count). The van der Waals surface area contributed by atoms with Gasteiger partial charge in [0.2, 0.25) is 0 Å². The molecule has 5 heteroatoms. The van der Waals surface area contributed by atoms with Crippen molar-refractivity contribution in [3.63, 3.8) is 0 Å². The maximum Gasteiger partial charge on any atom is 0.127 e. The normalized spacial score (nSPS) is 11.1. The van der Waals surface area contributed by atoms with E-state index in [-0.39, 0.29) is 0 Å². The third-order valence-corrected chi connectivity index (χ3v) is 5.29. The minimum Gasteiger partial charge on any atom is -0.497 e. The van der Waals surface area contributed by atoms with Gasteiger partial charge in [0, 0.05) is 33.9 Å². The summed E-state index contributed by atoms with van der Waals surface area (Å²) < 4.78 is 13.2. The molecule has 0 aliphatic rings. The number of nitrogens with zero attached hydrogens (tertiary/aromatic N) is 2. The van der Waals surface area contributed by atoms with Gasteiger partial charge in [-0.3, -0.25) is 4.99 Å². The fraction of sp³-hybridized carbons (Fsp3) is 0.115. The van der Waals surface area contributed by atoms with Crippen LogP contribution in [0.1, 0.15) is 17.0 Å². The number of hydrogen-bond donors (Lipinski definition) is 0. The molecule has 0 aliphatic heterocycles. The number of aliphatic imine (C=N–C) groups is 1. The molecule has 0 unspecified atom stereocenters. The van der Waals surface area contributed by atoms with E-state index in [2.05, 4.69) is 29.5 Å². The molecule has 0 aliphatic carbocycles. The maximum atomic E-state index is 6.03. The Morgan fingerprint density at radius 3 is 2.00 bits per heavy atom. The Morgan fingerprint density at radius 1 is 0.806 bits per heavy atom. The molecule has 31 heavy (non-hydrogen) atoms. The van der Waals surface area contributed by atoms with Crippen molar-refractivity contribution in [2.45, 2.75) is 13.8 Å². The van der Waals surface area contributed by atoms with Gasteiger partial charge in [-0.05, 0) is 92.7 Å². The summed E-state index contributed by atoms with van der Waals surface area (Å²) in [5.41, 5.74) is 5.29. The highest BCUT2D eigenvalue weighted by Gasteiger charge is 2.09. The van der Waals surface area contributed by atoms with Gasteiger partial charge in [0.1, 0.15) is 17.2 Å². The van der Waals surface area contributed by atoms with Crippen molar-refractivity contribution in [1.82, 2.24) is 4.57 Å². The fourth-order valence-corrected chi connectivity index (χ4v) is 3.56. The Hall–Kier alpha value is -3.50. The van der Waals surface area contributed by atoms with E-state index in [1.807, 2.05) is 79.0 Å². The van der Waals surface area contributed by atoms with Gasteiger partial charge in [-0.25, -0.2) is 0 Å². The molecule has 0 saturated carbocycles. The lowest BCUT2D eigenvalue weighted by molar-refractivity contribution is 0.413. The van der Waals surface area contributed by atoms with Gasteiger partial charge >= 0.3 is 0 Å². The fourth-order valence-electron chi connectivity index (χ4n) is 3.43. The molecule has 1 aromatic heterocycles. The molecule has 4 aromatic rings. The highest BCUT2D eigenvalue weighted by atomic mass is 35.5. The third kappa shape index (κ3) is 4.81. The molecule has 4 nitrogen and oxygen atoms in total. The summed E-state index contributed by atoms with van der Waals surface area (Å²) in [4.78, 5) is 4.64. The van der Waals surface area contributed by atoms with Gasteiger partial charge in [0.05, 0.1) is 12.8 Å². The average Bonchev–Trinajstić information content (AvgIpc) is 3.07. The van der Waals surface area contributed by atoms with Crippen LogP contribution < -0.4 is 9.47 Å². The predicted molar refractivity (Wildman–Crippen MR) is 127 cm³/mol. The minimum absolute atomic E-state index is 0.729. The number of rotatable bonds is 6. The van der Waals surface area contributed by atoms with E-state index in [0.717, 1.165) is 50.6 Å². The van der Waals surface area contributed by atoms with Crippen LogP contribution in [0, 0.1) is 13.8 Å². The second-order valence-electron chi connectivity index (χ2n) is 7.17. The third-order valence-electron chi connectivity index (χ3n) is 5.04. The van der Waals surface area contributed by atoms with Crippen molar-refractivity contribution in [3.05, 3.63) is 101 Å². The van der Waals surface area contributed by atoms with Crippen molar-refractivity contribution in [2.75, 3.05) is 7.11 Å². The zero-order chi connectivity index (χ0) is 21.8. The zero-order valence-corrected chi connectivity index (χ0v) is 18.4. The predicted octanol–water partition coefficient (Wildman–Crippen LogP) is 7.30. The maximum absolute atomic E-state index is 6.03. The van der Waals surface area contributed by atoms with Crippen molar-refractivity contribution >= 4 is 23.5 Å². The minimum atomic E-state index is 0.729. The topological polar surface area (TPSA) is 35.8 Å². The van der Waals surface area contributed by atoms with E-state index < -0.39 is 0 Å². The first-order valence-electron chi connectivity index (χ1n) is 9.94. The number of halogens is 1. The Kier molecular flexibility index (Phi) is 6.10. The lowest BCUT2D eigenvalue weighted by Crippen LogP contribution is -1.99. The van der Waals surface area contributed by atoms with Crippen LogP contribution in [0.25, 0.3) is 5.69 Å². The summed E-state index contributed by atoms with van der Waals surface area (Å²) in [5, 5.41) is 0.729. The number of aryl methyl sites for hydroxylation is 1. The van der Waals surface area contributed by atoms with Crippen LogP contribution in [0.3, 0.4) is 0 Å². The lowest BCUT2D eigenvalue weighted by Gasteiger charge is -2.09. The van der Waals surface area contributed by atoms with Gasteiger partial charge in [0.15, 0.2) is 0 Å². The molecule has 1 heterocycles. The molecule has 0 atom stereocenters. The lowest BCUT2D eigenvalue weighted by atomic mass is 10.2. The van der Waals surface area contributed by atoms with E-state index >= 15 is 0 Å². The Morgan fingerprint density at radius 2 is 1.39 bits per heavy atom. The quantitative estimate of drug-likeness (QED) is 0.301. The van der Waals surface area contributed by atoms with Crippen LogP contribution in [0.2, 0.25) is 5.02 Å². The highest BCUT2D eigenvalue weighted by Crippen LogP contribution is 2.26. The average molecular weight is 431 g/mol. The molecular weight excluding hydrogens is 408 g/mol. The number of hydrogen-bond acceptors (Lipinski definition) is 3. The van der Waals surface area contributed by atoms with Crippen LogP contribution in [-0.2, 0) is 0 Å².